The molecule has 0 amide bonds. The minimum Gasteiger partial charge on any atom is -0.392 e. The van der Waals surface area contributed by atoms with Gasteiger partial charge in [0, 0.05) is 37.7 Å². The van der Waals surface area contributed by atoms with Crippen molar-refractivity contribution in [1.29, 1.82) is 5.26 Å². The van der Waals surface area contributed by atoms with Crippen molar-refractivity contribution in [3.63, 3.8) is 0 Å². The number of hydrogen-bond acceptors (Lipinski definition) is 5. The summed E-state index contributed by atoms with van der Waals surface area (Å²) in [7, 11) is 0. The molecule has 1 aliphatic carbocycles. The minimum atomic E-state index is -0.254. The number of piperidine rings is 1. The van der Waals surface area contributed by atoms with Crippen LogP contribution in [0.2, 0.25) is 0 Å². The first-order valence-corrected chi connectivity index (χ1v) is 7.61. The van der Waals surface area contributed by atoms with Gasteiger partial charge in [-0.2, -0.15) is 5.26 Å². The molecule has 21 heavy (non-hydrogen) atoms. The first-order valence-electron chi connectivity index (χ1n) is 7.61. The zero-order valence-corrected chi connectivity index (χ0v) is 12.3. The van der Waals surface area contributed by atoms with Crippen molar-refractivity contribution in [2.24, 2.45) is 5.41 Å². The molecule has 5 nitrogen and oxygen atoms in total. The Labute approximate surface area is 125 Å². The van der Waals surface area contributed by atoms with Gasteiger partial charge in [-0.3, -0.25) is 0 Å². The summed E-state index contributed by atoms with van der Waals surface area (Å²) in [6.45, 7) is 4.32. The van der Waals surface area contributed by atoms with E-state index in [-0.39, 0.29) is 17.6 Å². The van der Waals surface area contributed by atoms with Crippen molar-refractivity contribution in [2.45, 2.75) is 38.4 Å². The lowest BCUT2D eigenvalue weighted by molar-refractivity contribution is -0.199. The normalized spacial score (nSPS) is 27.2. The maximum atomic E-state index is 10.2. The first-order chi connectivity index (χ1) is 10.2. The van der Waals surface area contributed by atoms with Gasteiger partial charge in [-0.25, -0.2) is 4.98 Å². The van der Waals surface area contributed by atoms with E-state index >= 15 is 0 Å². The Morgan fingerprint density at radius 2 is 2.29 bits per heavy atom. The maximum absolute atomic E-state index is 10.2. The molecule has 2 atom stereocenters. The van der Waals surface area contributed by atoms with Gasteiger partial charge in [-0.15, -0.1) is 0 Å². The standard InChI is InChI=1S/C16H21N3O2/c1-2-21-14-10-13(20)16(14)5-8-19(9-6-16)15-12(11-17)4-3-7-18-15/h3-4,7,13-14,20H,2,5-6,8-10H2,1H3. The van der Waals surface area contributed by atoms with Crippen molar-refractivity contribution >= 4 is 5.82 Å². The minimum absolute atomic E-state index is 0.0892. The van der Waals surface area contributed by atoms with Crippen LogP contribution in [-0.2, 0) is 4.74 Å². The number of anilines is 1. The molecule has 0 radical (unpaired) electrons. The summed E-state index contributed by atoms with van der Waals surface area (Å²) in [5, 5.41) is 19.4. The quantitative estimate of drug-likeness (QED) is 0.916. The molecule has 1 N–H and O–H groups in total. The lowest BCUT2D eigenvalue weighted by Crippen LogP contribution is -2.62. The van der Waals surface area contributed by atoms with E-state index in [0.29, 0.717) is 12.2 Å². The average Bonchev–Trinajstić information content (AvgIpc) is 2.55. The van der Waals surface area contributed by atoms with Crippen LogP contribution in [0.25, 0.3) is 0 Å². The summed E-state index contributed by atoms with van der Waals surface area (Å²) in [5.74, 6) is 0.761. The molecule has 0 bridgehead atoms. The van der Waals surface area contributed by atoms with Crippen LogP contribution in [0.15, 0.2) is 18.3 Å². The van der Waals surface area contributed by atoms with Crippen molar-refractivity contribution < 1.29 is 9.84 Å². The van der Waals surface area contributed by atoms with E-state index < -0.39 is 0 Å². The molecule has 2 heterocycles. The number of hydrogen-bond donors (Lipinski definition) is 1. The highest BCUT2D eigenvalue weighted by Crippen LogP contribution is 2.51. The second-order valence-corrected chi connectivity index (χ2v) is 5.90. The molecule has 2 aliphatic rings. The number of aliphatic hydroxyl groups excluding tert-OH is 1. The van der Waals surface area contributed by atoms with E-state index in [1.807, 2.05) is 6.92 Å². The van der Waals surface area contributed by atoms with Gasteiger partial charge in [-0.1, -0.05) is 0 Å². The summed E-state index contributed by atoms with van der Waals surface area (Å²) < 4.78 is 5.78. The zero-order chi connectivity index (χ0) is 14.9. The number of aliphatic hydroxyl groups is 1. The van der Waals surface area contributed by atoms with E-state index in [4.69, 9.17) is 4.74 Å². The highest BCUT2D eigenvalue weighted by Gasteiger charge is 2.56. The van der Waals surface area contributed by atoms with Gasteiger partial charge in [0.2, 0.25) is 0 Å². The van der Waals surface area contributed by atoms with Gasteiger partial charge >= 0.3 is 0 Å². The molecular formula is C16H21N3O2. The third-order valence-corrected chi connectivity index (χ3v) is 5.01. The highest BCUT2D eigenvalue weighted by atomic mass is 16.5. The number of rotatable bonds is 3. The summed E-state index contributed by atoms with van der Waals surface area (Å²) in [5.41, 5.74) is 0.526. The summed E-state index contributed by atoms with van der Waals surface area (Å²) in [4.78, 5) is 6.50. The first kappa shape index (κ1) is 14.3. The lowest BCUT2D eigenvalue weighted by Gasteiger charge is -2.56. The molecule has 1 aromatic rings. The Morgan fingerprint density at radius 1 is 1.52 bits per heavy atom. The van der Waals surface area contributed by atoms with Crippen LogP contribution in [0.5, 0.6) is 0 Å². The average molecular weight is 287 g/mol. The zero-order valence-electron chi connectivity index (χ0n) is 12.3. The molecule has 1 spiro atoms. The Bertz CT molecular complexity index is 545. The maximum Gasteiger partial charge on any atom is 0.146 e. The number of ether oxygens (including phenoxy) is 1. The van der Waals surface area contributed by atoms with Crippen LogP contribution < -0.4 is 4.90 Å². The van der Waals surface area contributed by atoms with Crippen LogP contribution in [0, 0.1) is 16.7 Å². The van der Waals surface area contributed by atoms with Crippen LogP contribution >= 0.6 is 0 Å². The van der Waals surface area contributed by atoms with Crippen molar-refractivity contribution in [2.75, 3.05) is 24.6 Å². The van der Waals surface area contributed by atoms with Gasteiger partial charge in [-0.05, 0) is 31.9 Å². The Kier molecular flexibility index (Phi) is 3.83. The van der Waals surface area contributed by atoms with Gasteiger partial charge in [0.15, 0.2) is 0 Å². The number of nitriles is 1. The van der Waals surface area contributed by atoms with Crippen molar-refractivity contribution in [3.8, 4) is 6.07 Å². The topological polar surface area (TPSA) is 69.4 Å². The molecule has 112 valence electrons. The van der Waals surface area contributed by atoms with Gasteiger partial charge < -0.3 is 14.7 Å². The summed E-state index contributed by atoms with van der Waals surface area (Å²) >= 11 is 0. The molecule has 3 rings (SSSR count). The van der Waals surface area contributed by atoms with E-state index in [1.165, 1.54) is 0 Å². The summed E-state index contributed by atoms with van der Waals surface area (Å²) in [6, 6.07) is 5.79. The molecule has 1 aliphatic heterocycles. The molecule has 2 unspecified atom stereocenters. The molecule has 0 aromatic carbocycles. The van der Waals surface area contributed by atoms with Gasteiger partial charge in [0.25, 0.3) is 0 Å². The molecule has 2 fully saturated rings. The fourth-order valence-electron chi connectivity index (χ4n) is 3.69. The fraction of sp³-hybridized carbons (Fsp3) is 0.625. The second-order valence-electron chi connectivity index (χ2n) is 5.90. The van der Waals surface area contributed by atoms with Crippen LogP contribution in [0.1, 0.15) is 31.7 Å². The van der Waals surface area contributed by atoms with Crippen LogP contribution in [0.4, 0.5) is 5.82 Å². The molecule has 5 heteroatoms. The van der Waals surface area contributed by atoms with Crippen LogP contribution in [0.3, 0.4) is 0 Å². The van der Waals surface area contributed by atoms with Gasteiger partial charge in [0.1, 0.15) is 11.9 Å². The molecule has 1 saturated heterocycles. The van der Waals surface area contributed by atoms with E-state index in [2.05, 4.69) is 16.0 Å². The Hall–Kier alpha value is -1.64. The van der Waals surface area contributed by atoms with E-state index in [9.17, 15) is 10.4 Å². The van der Waals surface area contributed by atoms with E-state index in [1.54, 1.807) is 18.3 Å². The SMILES string of the molecule is CCOC1CC(O)C12CCN(c1ncccc1C#N)CC2. The fourth-order valence-corrected chi connectivity index (χ4v) is 3.69. The monoisotopic (exact) mass is 287 g/mol. The third kappa shape index (κ3) is 2.29. The van der Waals surface area contributed by atoms with Gasteiger partial charge in [0.05, 0.1) is 17.8 Å². The summed E-state index contributed by atoms with van der Waals surface area (Å²) in [6.07, 6.45) is 4.18. The number of nitrogens with zero attached hydrogens (tertiary/aromatic N) is 3. The van der Waals surface area contributed by atoms with E-state index in [0.717, 1.165) is 38.2 Å². The van der Waals surface area contributed by atoms with Crippen molar-refractivity contribution in [3.05, 3.63) is 23.9 Å². The largest absolute Gasteiger partial charge is 0.392 e. The Balaban J connectivity index is 1.72. The van der Waals surface area contributed by atoms with Crippen molar-refractivity contribution in [1.82, 2.24) is 4.98 Å². The highest BCUT2D eigenvalue weighted by molar-refractivity contribution is 5.53. The predicted molar refractivity (Wildman–Crippen MR) is 78.9 cm³/mol. The molecule has 1 aromatic heterocycles. The van der Waals surface area contributed by atoms with Crippen LogP contribution in [-0.4, -0.2) is 42.0 Å². The second kappa shape index (κ2) is 5.63. The lowest BCUT2D eigenvalue weighted by atomic mass is 9.58. The Morgan fingerprint density at radius 3 is 2.90 bits per heavy atom. The number of aromatic nitrogens is 1. The smallest absolute Gasteiger partial charge is 0.146 e. The third-order valence-electron chi connectivity index (χ3n) is 5.01. The number of pyridine rings is 1. The molecule has 1 saturated carbocycles. The molecular weight excluding hydrogens is 266 g/mol. The predicted octanol–water partition coefficient (Wildman–Crippen LogP) is 1.71.